The summed E-state index contributed by atoms with van der Waals surface area (Å²) in [6.07, 6.45) is 13.7. The molecule has 1 fully saturated rings. The van der Waals surface area contributed by atoms with E-state index in [9.17, 15) is 9.59 Å². The van der Waals surface area contributed by atoms with Gasteiger partial charge in [-0.1, -0.05) is 63.6 Å². The maximum absolute atomic E-state index is 13.1. The van der Waals surface area contributed by atoms with Crippen LogP contribution in [0.25, 0.3) is 0 Å². The van der Waals surface area contributed by atoms with Crippen LogP contribution in [0.3, 0.4) is 0 Å². The number of hydrogen-bond donors (Lipinski definition) is 1. The molecule has 1 rings (SSSR count). The topological polar surface area (TPSA) is 77.4 Å². The molecule has 1 aliphatic rings. The number of piperazine rings is 1. The normalized spacial score (nSPS) is 17.0. The first-order chi connectivity index (χ1) is 16.9. The molecule has 0 unspecified atom stereocenters. The van der Waals surface area contributed by atoms with E-state index < -0.39 is 0 Å². The summed E-state index contributed by atoms with van der Waals surface area (Å²) < 4.78 is 0. The zero-order chi connectivity index (χ0) is 26.1. The van der Waals surface area contributed by atoms with Crippen molar-refractivity contribution >= 4 is 24.7 Å². The molecule has 35 heavy (non-hydrogen) atoms. The Hall–Kier alpha value is -2.90. The van der Waals surface area contributed by atoms with E-state index in [1.54, 1.807) is 19.1 Å². The molecule has 0 aromatic heterocycles. The van der Waals surface area contributed by atoms with E-state index in [1.807, 2.05) is 25.2 Å². The number of amides is 1. The molecule has 0 radical (unpaired) electrons. The van der Waals surface area contributed by atoms with Crippen molar-refractivity contribution < 1.29 is 9.59 Å². The van der Waals surface area contributed by atoms with Gasteiger partial charge in [0.1, 0.15) is 12.2 Å². The molecule has 0 saturated carbocycles. The summed E-state index contributed by atoms with van der Waals surface area (Å²) in [5.41, 5.74) is 1.96. The van der Waals surface area contributed by atoms with E-state index in [0.717, 1.165) is 69.7 Å². The molecule has 0 atom stereocenters. The Morgan fingerprint density at radius 3 is 2.34 bits per heavy atom. The van der Waals surface area contributed by atoms with Crippen molar-refractivity contribution in [3.8, 4) is 0 Å². The van der Waals surface area contributed by atoms with Gasteiger partial charge in [0.05, 0.1) is 0 Å². The van der Waals surface area contributed by atoms with Crippen LogP contribution in [0.5, 0.6) is 0 Å². The third-order valence-corrected chi connectivity index (χ3v) is 5.89. The zero-order valence-corrected chi connectivity index (χ0v) is 22.1. The van der Waals surface area contributed by atoms with Gasteiger partial charge in [0, 0.05) is 44.7 Å². The average molecular weight is 482 g/mol. The number of carbonyl (C=O) groups is 2. The standard InChI is InChI=1S/C28H43N5O2/c1-7-10-11-14-26(24(5)34)21-23(4)27(30-22-29-6)31-28(35)25(13-8-2)15-12-16-33-19-17-32(9-3)18-20-33/h8,12-15,22H,2,6-7,9-11,16-21H2,1,3-5H3,(H,31,35)/b15-12-,25-13+,26-14+,27-23+,30-22?. The van der Waals surface area contributed by atoms with Crippen molar-refractivity contribution in [1.29, 1.82) is 0 Å². The Balaban J connectivity index is 2.97. The molecule has 1 saturated heterocycles. The monoisotopic (exact) mass is 481 g/mol. The maximum atomic E-state index is 13.1. The van der Waals surface area contributed by atoms with E-state index in [4.69, 9.17) is 0 Å². The Labute approximate surface area is 211 Å². The minimum atomic E-state index is -0.299. The van der Waals surface area contributed by atoms with E-state index in [-0.39, 0.29) is 11.7 Å². The predicted molar refractivity (Wildman–Crippen MR) is 148 cm³/mol. The van der Waals surface area contributed by atoms with Gasteiger partial charge in [-0.25, -0.2) is 4.99 Å². The molecule has 0 aliphatic carbocycles. The fraction of sp³-hybridized carbons (Fsp3) is 0.500. The number of nitrogens with zero attached hydrogens (tertiary/aromatic N) is 4. The molecule has 1 heterocycles. The highest BCUT2D eigenvalue weighted by molar-refractivity contribution is 5.98. The minimum Gasteiger partial charge on any atom is -0.307 e. The summed E-state index contributed by atoms with van der Waals surface area (Å²) in [5, 5.41) is 2.88. The minimum absolute atomic E-state index is 0.0203. The summed E-state index contributed by atoms with van der Waals surface area (Å²) >= 11 is 0. The molecule has 192 valence electrons. The smallest absolute Gasteiger partial charge is 0.256 e. The lowest BCUT2D eigenvalue weighted by Gasteiger charge is -2.33. The van der Waals surface area contributed by atoms with Crippen LogP contribution in [0.15, 0.2) is 69.5 Å². The van der Waals surface area contributed by atoms with Gasteiger partial charge >= 0.3 is 0 Å². The highest BCUT2D eigenvalue weighted by Crippen LogP contribution is 2.17. The Morgan fingerprint density at radius 2 is 1.77 bits per heavy atom. The Morgan fingerprint density at radius 1 is 1.09 bits per heavy atom. The second kappa shape index (κ2) is 17.5. The van der Waals surface area contributed by atoms with Gasteiger partial charge in [-0.3, -0.25) is 19.5 Å². The van der Waals surface area contributed by atoms with Crippen molar-refractivity contribution in [3.63, 3.8) is 0 Å². The third-order valence-electron chi connectivity index (χ3n) is 5.89. The van der Waals surface area contributed by atoms with Crippen molar-refractivity contribution in [2.24, 2.45) is 9.98 Å². The van der Waals surface area contributed by atoms with Crippen LogP contribution in [0.4, 0.5) is 0 Å². The SMILES string of the molecule is C=C/C=C(\C=C/CN1CCN(CC)CC1)C(=O)N/C(N=CN=C)=C(\C)C/C(=C\CCCC)C(C)=O. The van der Waals surface area contributed by atoms with Gasteiger partial charge in [-0.15, -0.1) is 0 Å². The number of allylic oxidation sites excluding steroid dienone is 5. The van der Waals surface area contributed by atoms with E-state index >= 15 is 0 Å². The number of unbranched alkanes of at least 4 members (excludes halogenated alkanes) is 2. The number of likely N-dealkylation sites (N-methyl/N-ethyl adjacent to an activating group) is 1. The second-order valence-corrected chi connectivity index (χ2v) is 8.61. The molecule has 0 spiro atoms. The van der Waals surface area contributed by atoms with Crippen LogP contribution in [0.1, 0.15) is 53.4 Å². The molecule has 7 heteroatoms. The van der Waals surface area contributed by atoms with Crippen LogP contribution >= 0.6 is 0 Å². The number of nitrogens with one attached hydrogen (secondary N) is 1. The van der Waals surface area contributed by atoms with Gasteiger partial charge in [0.15, 0.2) is 5.78 Å². The Kier molecular flexibility index (Phi) is 15.1. The summed E-state index contributed by atoms with van der Waals surface area (Å²) in [6.45, 7) is 20.9. The third kappa shape index (κ3) is 11.9. The highest BCUT2D eigenvalue weighted by Gasteiger charge is 2.15. The van der Waals surface area contributed by atoms with Gasteiger partial charge in [0.25, 0.3) is 5.91 Å². The first-order valence-corrected chi connectivity index (χ1v) is 12.5. The first kappa shape index (κ1) is 30.1. The average Bonchev–Trinajstić information content (AvgIpc) is 2.85. The zero-order valence-electron chi connectivity index (χ0n) is 22.1. The van der Waals surface area contributed by atoms with Crippen molar-refractivity contribution in [1.82, 2.24) is 15.1 Å². The maximum Gasteiger partial charge on any atom is 0.256 e. The number of rotatable bonds is 15. The van der Waals surface area contributed by atoms with E-state index in [1.165, 1.54) is 6.34 Å². The number of hydrogen-bond acceptors (Lipinski definition) is 5. The van der Waals surface area contributed by atoms with Crippen LogP contribution in [-0.4, -0.2) is 73.8 Å². The summed E-state index contributed by atoms with van der Waals surface area (Å²) in [4.78, 5) is 37.9. The molecular formula is C28H43N5O2. The molecule has 1 amide bonds. The molecule has 0 aromatic rings. The van der Waals surface area contributed by atoms with Crippen molar-refractivity contribution in [2.75, 3.05) is 39.3 Å². The highest BCUT2D eigenvalue weighted by atomic mass is 16.1. The molecule has 1 aliphatic heterocycles. The lowest BCUT2D eigenvalue weighted by molar-refractivity contribution is -0.116. The summed E-state index contributed by atoms with van der Waals surface area (Å²) in [7, 11) is 0. The number of carbonyl (C=O) groups excluding carboxylic acids is 2. The van der Waals surface area contributed by atoms with Gasteiger partial charge in [-0.2, -0.15) is 0 Å². The number of Topliss-reactive ketones (excluding diaryl/α,β-unsaturated/α-hetero) is 1. The quantitative estimate of drug-likeness (QED) is 0.123. The Bertz CT molecular complexity index is 872. The van der Waals surface area contributed by atoms with Crippen molar-refractivity contribution in [3.05, 3.63) is 59.5 Å². The molecular weight excluding hydrogens is 438 g/mol. The predicted octanol–water partition coefficient (Wildman–Crippen LogP) is 4.46. The van der Waals surface area contributed by atoms with Gasteiger partial charge in [-0.05, 0) is 44.7 Å². The lowest BCUT2D eigenvalue weighted by atomic mass is 10.0. The van der Waals surface area contributed by atoms with Crippen LogP contribution in [-0.2, 0) is 9.59 Å². The summed E-state index contributed by atoms with van der Waals surface area (Å²) in [6, 6.07) is 0. The fourth-order valence-electron chi connectivity index (χ4n) is 3.67. The first-order valence-electron chi connectivity index (χ1n) is 12.5. The largest absolute Gasteiger partial charge is 0.307 e. The summed E-state index contributed by atoms with van der Waals surface area (Å²) in [5.74, 6) is 0.0860. The number of ketones is 1. The van der Waals surface area contributed by atoms with E-state index in [2.05, 4.69) is 52.2 Å². The molecule has 0 bridgehead atoms. The fourth-order valence-corrected chi connectivity index (χ4v) is 3.67. The van der Waals surface area contributed by atoms with Crippen molar-refractivity contribution in [2.45, 2.75) is 53.4 Å². The van der Waals surface area contributed by atoms with Crippen LogP contribution in [0, 0.1) is 0 Å². The molecule has 1 N–H and O–H groups in total. The molecule has 0 aromatic carbocycles. The number of aliphatic imine (C=N–C) groups is 2. The lowest BCUT2D eigenvalue weighted by Crippen LogP contribution is -2.46. The molecule has 7 nitrogen and oxygen atoms in total. The second-order valence-electron chi connectivity index (χ2n) is 8.61. The van der Waals surface area contributed by atoms with Crippen LogP contribution in [0.2, 0.25) is 0 Å². The van der Waals surface area contributed by atoms with Gasteiger partial charge in [0.2, 0.25) is 0 Å². The van der Waals surface area contributed by atoms with E-state index in [0.29, 0.717) is 17.8 Å². The van der Waals surface area contributed by atoms with Gasteiger partial charge < -0.3 is 10.2 Å². The van der Waals surface area contributed by atoms with Crippen LogP contribution < -0.4 is 5.32 Å².